The Morgan fingerprint density at radius 1 is 1.04 bits per heavy atom. The number of rotatable bonds is 13. The number of benzene rings is 2. The lowest BCUT2D eigenvalue weighted by molar-refractivity contribution is -0.134. The SMILES string of the molecule is CC(C)CCCOc1cccc(C2=NC3(CCC(C(C)(C)C)CC3)N(C(CCC(C)(C)C)c3ccc(C(=O)NCC4=NNNN4)cc3)C2=O)c1. The standard InChI is InChI=1S/C40H59N7O3/c1-27(2)11-10-24-50-32-13-9-12-30(25-32)35-37(49)47(40(42-35)22-18-31(19-23-40)39(6,7)8)33(20-21-38(3,4)5)28-14-16-29(17-15-28)36(48)41-26-34-43-45-46-44-34/h9,12-17,25,27,31,33,45-46H,10-11,18-24,26H2,1-8H3,(H,41,48)(H,43,44). The number of amidine groups is 1. The molecule has 2 amide bonds. The highest BCUT2D eigenvalue weighted by Crippen LogP contribution is 2.50. The van der Waals surface area contributed by atoms with Crippen LogP contribution in [0.5, 0.6) is 5.75 Å². The highest BCUT2D eigenvalue weighted by molar-refractivity contribution is 6.46. The van der Waals surface area contributed by atoms with Gasteiger partial charge in [-0.3, -0.25) is 20.0 Å². The van der Waals surface area contributed by atoms with E-state index in [9.17, 15) is 9.59 Å². The molecular weight excluding hydrogens is 626 g/mol. The lowest BCUT2D eigenvalue weighted by Gasteiger charge is -2.47. The zero-order valence-electron chi connectivity index (χ0n) is 31.5. The lowest BCUT2D eigenvalue weighted by atomic mass is 9.69. The van der Waals surface area contributed by atoms with Gasteiger partial charge in [0.25, 0.3) is 11.8 Å². The zero-order chi connectivity index (χ0) is 36.1. The van der Waals surface area contributed by atoms with Crippen LogP contribution in [-0.2, 0) is 4.79 Å². The van der Waals surface area contributed by atoms with Crippen molar-refractivity contribution in [2.45, 2.75) is 118 Å². The Labute approximate surface area is 299 Å². The molecule has 3 aliphatic rings. The van der Waals surface area contributed by atoms with E-state index in [1.54, 1.807) is 0 Å². The first-order valence-corrected chi connectivity index (χ1v) is 18.5. The van der Waals surface area contributed by atoms with E-state index in [0.717, 1.165) is 68.2 Å². The highest BCUT2D eigenvalue weighted by Gasteiger charge is 2.52. The summed E-state index contributed by atoms with van der Waals surface area (Å²) in [5, 5.41) is 6.92. The largest absolute Gasteiger partial charge is 0.494 e. The minimum absolute atomic E-state index is 0.0241. The fourth-order valence-corrected chi connectivity index (χ4v) is 7.39. The van der Waals surface area contributed by atoms with E-state index in [2.05, 4.69) is 87.2 Å². The summed E-state index contributed by atoms with van der Waals surface area (Å²) in [5.41, 5.74) is 10.7. The fourth-order valence-electron chi connectivity index (χ4n) is 7.39. The van der Waals surface area contributed by atoms with Crippen LogP contribution in [0.1, 0.15) is 134 Å². The third kappa shape index (κ3) is 9.24. The molecule has 2 aromatic carbocycles. The molecule has 1 saturated carbocycles. The van der Waals surface area contributed by atoms with Gasteiger partial charge in [-0.2, -0.15) is 0 Å². The summed E-state index contributed by atoms with van der Waals surface area (Å²) in [5.74, 6) is 2.35. The van der Waals surface area contributed by atoms with Crippen LogP contribution >= 0.6 is 0 Å². The first-order chi connectivity index (χ1) is 23.6. The third-order valence-corrected chi connectivity index (χ3v) is 10.4. The van der Waals surface area contributed by atoms with Crippen molar-refractivity contribution in [1.82, 2.24) is 26.7 Å². The summed E-state index contributed by atoms with van der Waals surface area (Å²) >= 11 is 0. The molecule has 1 atom stereocenters. The number of aliphatic imine (C=N–C) groups is 1. The topological polar surface area (TPSA) is 119 Å². The van der Waals surface area contributed by atoms with Crippen LogP contribution in [0.2, 0.25) is 0 Å². The minimum Gasteiger partial charge on any atom is -0.494 e. The van der Waals surface area contributed by atoms with Crippen LogP contribution in [0, 0.1) is 22.7 Å². The van der Waals surface area contributed by atoms with Gasteiger partial charge in [-0.05, 0) is 104 Å². The molecule has 0 bridgehead atoms. The molecule has 1 unspecified atom stereocenters. The Kier molecular flexibility index (Phi) is 11.6. The number of carbonyl (C=O) groups excluding carboxylic acids is 2. The number of carbonyl (C=O) groups is 2. The third-order valence-electron chi connectivity index (χ3n) is 10.4. The van der Waals surface area contributed by atoms with Crippen molar-refractivity contribution in [1.29, 1.82) is 0 Å². The number of hydrogen-bond acceptors (Lipinski definition) is 8. The second-order valence-corrected chi connectivity index (χ2v) is 17.0. The molecule has 2 heterocycles. The van der Waals surface area contributed by atoms with Gasteiger partial charge in [0, 0.05) is 11.1 Å². The fraction of sp³-hybridized carbons (Fsp3) is 0.600. The number of hydrazine groups is 2. The zero-order valence-corrected chi connectivity index (χ0v) is 31.5. The maximum Gasteiger partial charge on any atom is 0.275 e. The highest BCUT2D eigenvalue weighted by atomic mass is 16.5. The number of nitrogens with zero attached hydrogens (tertiary/aromatic N) is 3. The van der Waals surface area contributed by atoms with Crippen LogP contribution in [0.4, 0.5) is 0 Å². The average Bonchev–Trinajstić information content (AvgIpc) is 3.68. The minimum atomic E-state index is -0.627. The molecule has 5 rings (SSSR count). The van der Waals surface area contributed by atoms with Crippen molar-refractivity contribution in [3.8, 4) is 5.75 Å². The monoisotopic (exact) mass is 685 g/mol. The summed E-state index contributed by atoms with van der Waals surface area (Å²) in [7, 11) is 0. The first kappa shape index (κ1) is 37.3. The number of nitrogens with one attached hydrogen (secondary N) is 4. The van der Waals surface area contributed by atoms with Crippen molar-refractivity contribution in [3.05, 3.63) is 65.2 Å². The normalized spacial score (nSPS) is 21.5. The summed E-state index contributed by atoms with van der Waals surface area (Å²) in [4.78, 5) is 35.5. The van der Waals surface area contributed by atoms with Crippen LogP contribution < -0.4 is 26.5 Å². The van der Waals surface area contributed by atoms with Crippen LogP contribution in [-0.4, -0.2) is 47.1 Å². The lowest BCUT2D eigenvalue weighted by Crippen LogP contribution is -2.51. The van der Waals surface area contributed by atoms with Crippen LogP contribution in [0.25, 0.3) is 0 Å². The van der Waals surface area contributed by atoms with Crippen LogP contribution in [0.15, 0.2) is 58.6 Å². The molecule has 2 aromatic rings. The number of hydrogen-bond donors (Lipinski definition) is 4. The number of amides is 2. The maximum atomic E-state index is 14.9. The molecule has 1 aliphatic carbocycles. The average molecular weight is 686 g/mol. The van der Waals surface area contributed by atoms with E-state index in [-0.39, 0.29) is 35.2 Å². The Balaban J connectivity index is 1.46. The van der Waals surface area contributed by atoms with Crippen molar-refractivity contribution < 1.29 is 14.3 Å². The van der Waals surface area contributed by atoms with E-state index >= 15 is 0 Å². The van der Waals surface area contributed by atoms with Gasteiger partial charge in [-0.1, -0.05) is 79.7 Å². The molecule has 10 heteroatoms. The van der Waals surface area contributed by atoms with E-state index in [4.69, 9.17) is 9.73 Å². The molecule has 1 spiro atoms. The molecule has 272 valence electrons. The first-order valence-electron chi connectivity index (χ1n) is 18.5. The van der Waals surface area contributed by atoms with E-state index in [1.807, 2.05) is 48.5 Å². The van der Waals surface area contributed by atoms with Crippen molar-refractivity contribution in [3.63, 3.8) is 0 Å². The van der Waals surface area contributed by atoms with Crippen molar-refractivity contribution in [2.24, 2.45) is 32.8 Å². The second-order valence-electron chi connectivity index (χ2n) is 17.0. The van der Waals surface area contributed by atoms with E-state index < -0.39 is 5.66 Å². The Hall–Kier alpha value is -3.92. The molecule has 0 aromatic heterocycles. The number of hydrazone groups is 1. The second kappa shape index (κ2) is 15.5. The van der Waals surface area contributed by atoms with Gasteiger partial charge in [-0.15, -0.1) is 10.6 Å². The van der Waals surface area contributed by atoms with Gasteiger partial charge < -0.3 is 15.0 Å². The molecule has 50 heavy (non-hydrogen) atoms. The van der Waals surface area contributed by atoms with Crippen molar-refractivity contribution in [2.75, 3.05) is 13.2 Å². The summed E-state index contributed by atoms with van der Waals surface area (Å²) in [6.07, 6.45) is 7.49. The van der Waals surface area contributed by atoms with E-state index in [0.29, 0.717) is 35.6 Å². The molecule has 10 nitrogen and oxygen atoms in total. The van der Waals surface area contributed by atoms with Gasteiger partial charge in [0.15, 0.2) is 5.84 Å². The molecule has 2 aliphatic heterocycles. The van der Waals surface area contributed by atoms with Gasteiger partial charge in [0.1, 0.15) is 17.1 Å². The van der Waals surface area contributed by atoms with Crippen LogP contribution in [0.3, 0.4) is 0 Å². The van der Waals surface area contributed by atoms with Crippen molar-refractivity contribution >= 4 is 23.4 Å². The van der Waals surface area contributed by atoms with Gasteiger partial charge in [-0.25, -0.2) is 5.53 Å². The quantitative estimate of drug-likeness (QED) is 0.165. The Morgan fingerprint density at radius 2 is 1.76 bits per heavy atom. The molecule has 0 radical (unpaired) electrons. The summed E-state index contributed by atoms with van der Waals surface area (Å²) in [6.45, 7) is 19.1. The molecule has 0 saturated heterocycles. The maximum absolute atomic E-state index is 14.9. The molecule has 1 fully saturated rings. The van der Waals surface area contributed by atoms with E-state index in [1.165, 1.54) is 0 Å². The summed E-state index contributed by atoms with van der Waals surface area (Å²) in [6, 6.07) is 15.5. The Morgan fingerprint density at radius 3 is 2.38 bits per heavy atom. The number of ether oxygens (including phenoxy) is 1. The predicted molar refractivity (Wildman–Crippen MR) is 201 cm³/mol. The van der Waals surface area contributed by atoms with Gasteiger partial charge in [0.05, 0.1) is 19.2 Å². The van der Waals surface area contributed by atoms with Gasteiger partial charge >= 0.3 is 0 Å². The van der Waals surface area contributed by atoms with Gasteiger partial charge in [0.2, 0.25) is 0 Å². The molecule has 4 N–H and O–H groups in total. The summed E-state index contributed by atoms with van der Waals surface area (Å²) < 4.78 is 6.15. The predicted octanol–water partition coefficient (Wildman–Crippen LogP) is 7.29. The smallest absolute Gasteiger partial charge is 0.275 e. The molecular formula is C40H59N7O3. The Bertz CT molecular complexity index is 1540.